The molecule has 0 bridgehead atoms. The van der Waals surface area contributed by atoms with Crippen molar-refractivity contribution >= 4 is 11.8 Å². The van der Waals surface area contributed by atoms with Crippen LogP contribution >= 0.6 is 0 Å². The molecule has 25 heavy (non-hydrogen) atoms. The first-order chi connectivity index (χ1) is 11.9. The predicted molar refractivity (Wildman–Crippen MR) is 88.2 cm³/mol. The monoisotopic (exact) mass is 358 g/mol. The van der Waals surface area contributed by atoms with Crippen LogP contribution in [0, 0.1) is 17.6 Å². The molecule has 0 saturated carbocycles. The van der Waals surface area contributed by atoms with Gasteiger partial charge in [-0.3, -0.25) is 9.59 Å². The minimum atomic E-state index is -0.980. The normalized spacial score (nSPS) is 12.1. The summed E-state index contributed by atoms with van der Waals surface area (Å²) in [5.74, 6) is -3.65. The van der Waals surface area contributed by atoms with Crippen molar-refractivity contribution in [3.05, 3.63) is 35.4 Å². The molecule has 2 N–H and O–H groups in total. The van der Waals surface area contributed by atoms with E-state index in [0.29, 0.717) is 13.2 Å². The highest BCUT2D eigenvalue weighted by Gasteiger charge is 2.26. The van der Waals surface area contributed by atoms with Crippen molar-refractivity contribution in [2.24, 2.45) is 5.92 Å². The second kappa shape index (κ2) is 10.7. The van der Waals surface area contributed by atoms with Crippen molar-refractivity contribution in [3.8, 4) is 0 Å². The van der Waals surface area contributed by atoms with Crippen LogP contribution in [0.3, 0.4) is 0 Å². The number of carbonyl (C=O) groups excluding carboxylic acids is 2. The van der Waals surface area contributed by atoms with E-state index in [1.807, 2.05) is 0 Å². The smallest absolute Gasteiger partial charge is 0.257 e. The van der Waals surface area contributed by atoms with E-state index in [1.165, 1.54) is 0 Å². The molecule has 0 aliphatic rings. The molecule has 0 saturated heterocycles. The average Bonchev–Trinajstić information content (AvgIpc) is 2.55. The molecule has 1 unspecified atom stereocenters. The number of hydrogen-bond acceptors (Lipinski definition) is 4. The van der Waals surface area contributed by atoms with Gasteiger partial charge in [-0.05, 0) is 18.1 Å². The molecule has 0 radical (unpaired) electrons. The largest absolute Gasteiger partial charge is 0.382 e. The Bertz CT molecular complexity index is 562. The molecule has 2 amide bonds. The Morgan fingerprint density at radius 1 is 1.12 bits per heavy atom. The molecule has 0 heterocycles. The summed E-state index contributed by atoms with van der Waals surface area (Å²) in [7, 11) is 1.56. The lowest BCUT2D eigenvalue weighted by Gasteiger charge is -2.22. The first kappa shape index (κ1) is 21.0. The Hall–Kier alpha value is -2.06. The number of methoxy groups -OCH3 is 1. The zero-order valence-corrected chi connectivity index (χ0v) is 14.6. The number of benzene rings is 1. The number of rotatable bonds is 10. The van der Waals surface area contributed by atoms with Gasteiger partial charge < -0.3 is 20.1 Å². The maximum absolute atomic E-state index is 13.7. The van der Waals surface area contributed by atoms with E-state index in [2.05, 4.69) is 10.6 Å². The third kappa shape index (κ3) is 6.75. The van der Waals surface area contributed by atoms with Crippen LogP contribution in [-0.4, -0.2) is 51.3 Å². The topological polar surface area (TPSA) is 76.7 Å². The average molecular weight is 358 g/mol. The molecule has 0 aromatic heterocycles. The zero-order valence-electron chi connectivity index (χ0n) is 14.6. The molecule has 0 aliphatic carbocycles. The predicted octanol–water partition coefficient (Wildman–Crippen LogP) is 1.50. The van der Waals surface area contributed by atoms with E-state index in [-0.39, 0.29) is 19.1 Å². The van der Waals surface area contributed by atoms with Gasteiger partial charge in [-0.1, -0.05) is 19.9 Å². The highest BCUT2D eigenvalue weighted by atomic mass is 19.1. The Morgan fingerprint density at radius 2 is 1.76 bits per heavy atom. The molecule has 1 atom stereocenters. The summed E-state index contributed by atoms with van der Waals surface area (Å²) in [6.07, 6.45) is 0. The van der Waals surface area contributed by atoms with Crippen molar-refractivity contribution in [2.45, 2.75) is 19.9 Å². The molecule has 0 aliphatic heterocycles. The third-order valence-electron chi connectivity index (χ3n) is 3.40. The molecular weight excluding hydrogens is 334 g/mol. The van der Waals surface area contributed by atoms with Crippen LogP contribution in [0.25, 0.3) is 0 Å². The molecule has 8 heteroatoms. The maximum atomic E-state index is 13.7. The van der Waals surface area contributed by atoms with Gasteiger partial charge in [0.1, 0.15) is 23.2 Å². The van der Waals surface area contributed by atoms with Crippen molar-refractivity contribution < 1.29 is 27.8 Å². The summed E-state index contributed by atoms with van der Waals surface area (Å²) >= 11 is 0. The molecule has 1 aromatic carbocycles. The van der Waals surface area contributed by atoms with Crippen LogP contribution in [0.4, 0.5) is 8.78 Å². The number of hydrogen-bond donors (Lipinski definition) is 2. The zero-order chi connectivity index (χ0) is 18.8. The van der Waals surface area contributed by atoms with E-state index < -0.39 is 35.1 Å². The number of ether oxygens (including phenoxy) is 2. The molecule has 1 rings (SSSR count). The van der Waals surface area contributed by atoms with Gasteiger partial charge in [0, 0.05) is 13.7 Å². The van der Waals surface area contributed by atoms with Gasteiger partial charge in [-0.25, -0.2) is 8.78 Å². The van der Waals surface area contributed by atoms with Crippen LogP contribution in [-0.2, 0) is 14.3 Å². The van der Waals surface area contributed by atoms with E-state index in [1.54, 1.807) is 21.0 Å². The minimum Gasteiger partial charge on any atom is -0.382 e. The fourth-order valence-corrected chi connectivity index (χ4v) is 2.06. The molecular formula is C17H24F2N2O4. The van der Waals surface area contributed by atoms with Crippen molar-refractivity contribution in [3.63, 3.8) is 0 Å². The number of halogens is 2. The number of carbonyl (C=O) groups is 2. The molecule has 1 aromatic rings. The maximum Gasteiger partial charge on any atom is 0.257 e. The van der Waals surface area contributed by atoms with Gasteiger partial charge >= 0.3 is 0 Å². The lowest BCUT2D eigenvalue weighted by atomic mass is 10.0. The highest BCUT2D eigenvalue weighted by Crippen LogP contribution is 2.13. The number of amides is 2. The summed E-state index contributed by atoms with van der Waals surface area (Å²) < 4.78 is 37.4. The summed E-state index contributed by atoms with van der Waals surface area (Å²) in [6, 6.07) is 2.21. The lowest BCUT2D eigenvalue weighted by Crippen LogP contribution is -2.50. The van der Waals surface area contributed by atoms with Gasteiger partial charge in [0.25, 0.3) is 5.91 Å². The fraction of sp³-hybridized carbons (Fsp3) is 0.529. The van der Waals surface area contributed by atoms with Crippen molar-refractivity contribution in [1.82, 2.24) is 10.6 Å². The quantitative estimate of drug-likeness (QED) is 0.622. The van der Waals surface area contributed by atoms with Gasteiger partial charge in [0.05, 0.1) is 19.8 Å². The van der Waals surface area contributed by atoms with E-state index in [0.717, 1.165) is 18.2 Å². The summed E-state index contributed by atoms with van der Waals surface area (Å²) in [5.41, 5.74) is -0.705. The molecule has 0 fully saturated rings. The summed E-state index contributed by atoms with van der Waals surface area (Å²) in [6.45, 7) is 4.83. The van der Waals surface area contributed by atoms with E-state index in [9.17, 15) is 18.4 Å². The fourth-order valence-electron chi connectivity index (χ4n) is 2.06. The van der Waals surface area contributed by atoms with Gasteiger partial charge in [0.15, 0.2) is 0 Å². The third-order valence-corrected chi connectivity index (χ3v) is 3.40. The Kier molecular flexibility index (Phi) is 9.01. The minimum absolute atomic E-state index is 0.246. The van der Waals surface area contributed by atoms with Crippen molar-refractivity contribution in [2.75, 3.05) is 33.5 Å². The first-order valence-corrected chi connectivity index (χ1v) is 7.97. The SMILES string of the molecule is COCCOCCNC(=O)C(NC(=O)c1c(F)cccc1F)C(C)C. The molecule has 0 spiro atoms. The van der Waals surface area contributed by atoms with Crippen LogP contribution < -0.4 is 10.6 Å². The van der Waals surface area contributed by atoms with E-state index in [4.69, 9.17) is 9.47 Å². The number of nitrogens with one attached hydrogen (secondary N) is 2. The molecule has 6 nitrogen and oxygen atoms in total. The Labute approximate surface area is 145 Å². The van der Waals surface area contributed by atoms with Gasteiger partial charge in [-0.2, -0.15) is 0 Å². The standard InChI is InChI=1S/C17H24F2N2O4/c1-11(2)15(17(23)20-7-8-25-10-9-24-3)21-16(22)14-12(18)5-4-6-13(14)19/h4-6,11,15H,7-10H2,1-3H3,(H,20,23)(H,21,22). The summed E-state index contributed by atoms with van der Waals surface area (Å²) in [4.78, 5) is 24.4. The Balaban J connectivity index is 2.61. The highest BCUT2D eigenvalue weighted by molar-refractivity contribution is 5.98. The van der Waals surface area contributed by atoms with Crippen LogP contribution in [0.1, 0.15) is 24.2 Å². The van der Waals surface area contributed by atoms with Crippen molar-refractivity contribution in [1.29, 1.82) is 0 Å². The second-order valence-electron chi connectivity index (χ2n) is 5.69. The summed E-state index contributed by atoms with van der Waals surface area (Å²) in [5, 5.41) is 5.00. The second-order valence-corrected chi connectivity index (χ2v) is 5.69. The Morgan fingerprint density at radius 3 is 2.32 bits per heavy atom. The van der Waals surface area contributed by atoms with Crippen LogP contribution in [0.5, 0.6) is 0 Å². The van der Waals surface area contributed by atoms with Crippen LogP contribution in [0.2, 0.25) is 0 Å². The van der Waals surface area contributed by atoms with Gasteiger partial charge in [-0.15, -0.1) is 0 Å². The van der Waals surface area contributed by atoms with Crippen LogP contribution in [0.15, 0.2) is 18.2 Å². The lowest BCUT2D eigenvalue weighted by molar-refractivity contribution is -0.124. The first-order valence-electron chi connectivity index (χ1n) is 7.97. The van der Waals surface area contributed by atoms with E-state index >= 15 is 0 Å². The molecule has 140 valence electrons. The van der Waals surface area contributed by atoms with Gasteiger partial charge in [0.2, 0.25) is 5.91 Å².